The third kappa shape index (κ3) is 3.74. The zero-order valence-corrected chi connectivity index (χ0v) is 13.9. The number of likely N-dealkylation sites (N-methyl/N-ethyl adjacent to an activating group) is 1. The molecule has 0 aromatic heterocycles. The monoisotopic (exact) mass is 314 g/mol. The Labute approximate surface area is 138 Å². The number of nitrogens with zero attached hydrogens (tertiary/aromatic N) is 2. The molecule has 1 heterocycles. The van der Waals surface area contributed by atoms with E-state index in [1.165, 1.54) is 32.1 Å². The van der Waals surface area contributed by atoms with Crippen molar-refractivity contribution in [2.75, 3.05) is 20.1 Å². The second kappa shape index (κ2) is 7.16. The van der Waals surface area contributed by atoms with E-state index in [1.54, 1.807) is 11.9 Å². The van der Waals surface area contributed by atoms with Gasteiger partial charge in [-0.1, -0.05) is 49.6 Å². The molecule has 1 aliphatic carbocycles. The number of rotatable bonds is 4. The number of hydrogen-bond donors (Lipinski definition) is 0. The normalized spacial score (nSPS) is 23.4. The molecule has 2 fully saturated rings. The minimum Gasteiger partial charge on any atom is -0.335 e. The largest absolute Gasteiger partial charge is 0.335 e. The Balaban J connectivity index is 1.77. The van der Waals surface area contributed by atoms with E-state index in [0.717, 1.165) is 12.1 Å². The fraction of sp³-hybridized carbons (Fsp3) is 0.579. The minimum absolute atomic E-state index is 0.0734. The van der Waals surface area contributed by atoms with Crippen LogP contribution in [0.25, 0.3) is 0 Å². The maximum Gasteiger partial charge on any atom is 0.245 e. The zero-order chi connectivity index (χ0) is 16.2. The highest BCUT2D eigenvalue weighted by Gasteiger charge is 2.38. The quantitative estimate of drug-likeness (QED) is 0.856. The summed E-state index contributed by atoms with van der Waals surface area (Å²) in [6.45, 7) is 0.965. The molecular formula is C19H26N2O2. The molecule has 124 valence electrons. The molecule has 1 atom stereocenters. The summed E-state index contributed by atoms with van der Waals surface area (Å²) < 4.78 is 0. The third-order valence-electron chi connectivity index (χ3n) is 5.18. The van der Waals surface area contributed by atoms with Crippen molar-refractivity contribution in [3.8, 4) is 0 Å². The lowest BCUT2D eigenvalue weighted by molar-refractivity contribution is -0.155. The summed E-state index contributed by atoms with van der Waals surface area (Å²) in [5.74, 6) is 0.727. The van der Waals surface area contributed by atoms with Crippen LogP contribution < -0.4 is 0 Å². The molecule has 0 N–H and O–H groups in total. The summed E-state index contributed by atoms with van der Waals surface area (Å²) >= 11 is 0. The van der Waals surface area contributed by atoms with E-state index in [1.807, 2.05) is 35.2 Å². The summed E-state index contributed by atoms with van der Waals surface area (Å²) in [7, 11) is 1.73. The molecule has 0 spiro atoms. The molecule has 1 aromatic carbocycles. The number of carbonyl (C=O) groups is 2. The van der Waals surface area contributed by atoms with Crippen LogP contribution in [0.3, 0.4) is 0 Å². The van der Waals surface area contributed by atoms with Gasteiger partial charge >= 0.3 is 0 Å². The summed E-state index contributed by atoms with van der Waals surface area (Å²) in [5.41, 5.74) is 1.11. The highest BCUT2D eigenvalue weighted by molar-refractivity contribution is 5.94. The average molecular weight is 314 g/mol. The second-order valence-electron chi connectivity index (χ2n) is 6.95. The molecule has 1 aliphatic heterocycles. The van der Waals surface area contributed by atoms with Crippen LogP contribution in [-0.4, -0.2) is 47.8 Å². The average Bonchev–Trinajstić information content (AvgIpc) is 2.58. The predicted octanol–water partition coefficient (Wildman–Crippen LogP) is 2.48. The summed E-state index contributed by atoms with van der Waals surface area (Å²) in [6, 6.07) is 9.67. The van der Waals surface area contributed by atoms with Crippen LogP contribution in [0.5, 0.6) is 0 Å². The molecule has 3 rings (SSSR count). The highest BCUT2D eigenvalue weighted by Crippen LogP contribution is 2.27. The van der Waals surface area contributed by atoms with Crippen LogP contribution >= 0.6 is 0 Å². The first-order chi connectivity index (χ1) is 11.1. The predicted molar refractivity (Wildman–Crippen MR) is 89.9 cm³/mol. The van der Waals surface area contributed by atoms with E-state index in [9.17, 15) is 9.59 Å². The molecule has 0 unspecified atom stereocenters. The Morgan fingerprint density at radius 1 is 1.04 bits per heavy atom. The Bertz CT molecular complexity index is 552. The van der Waals surface area contributed by atoms with E-state index in [4.69, 9.17) is 0 Å². The number of carbonyl (C=O) groups excluding carboxylic acids is 2. The number of piperazine rings is 1. The Kier molecular flexibility index (Phi) is 4.99. The van der Waals surface area contributed by atoms with Crippen molar-refractivity contribution in [1.29, 1.82) is 0 Å². The van der Waals surface area contributed by atoms with Gasteiger partial charge in [0.25, 0.3) is 0 Å². The van der Waals surface area contributed by atoms with Crippen molar-refractivity contribution in [3.63, 3.8) is 0 Å². The van der Waals surface area contributed by atoms with E-state index < -0.39 is 0 Å². The van der Waals surface area contributed by atoms with Crippen molar-refractivity contribution in [1.82, 2.24) is 9.80 Å². The van der Waals surface area contributed by atoms with Gasteiger partial charge in [0.05, 0.1) is 6.54 Å². The molecule has 4 heteroatoms. The van der Waals surface area contributed by atoms with Gasteiger partial charge in [0, 0.05) is 20.0 Å². The van der Waals surface area contributed by atoms with Gasteiger partial charge in [-0.05, 0) is 24.3 Å². The fourth-order valence-corrected chi connectivity index (χ4v) is 3.84. The smallest absolute Gasteiger partial charge is 0.245 e. The lowest BCUT2D eigenvalue weighted by atomic mass is 9.88. The Morgan fingerprint density at radius 2 is 1.74 bits per heavy atom. The van der Waals surface area contributed by atoms with Crippen molar-refractivity contribution in [2.45, 2.75) is 44.6 Å². The first-order valence-corrected chi connectivity index (χ1v) is 8.73. The molecule has 2 amide bonds. The topological polar surface area (TPSA) is 40.6 Å². The molecular weight excluding hydrogens is 288 g/mol. The van der Waals surface area contributed by atoms with E-state index in [-0.39, 0.29) is 24.4 Å². The molecule has 4 nitrogen and oxygen atoms in total. The van der Waals surface area contributed by atoms with Crippen LogP contribution in [-0.2, 0) is 16.0 Å². The van der Waals surface area contributed by atoms with E-state index in [0.29, 0.717) is 12.3 Å². The molecule has 0 radical (unpaired) electrons. The van der Waals surface area contributed by atoms with Crippen LogP contribution in [0.15, 0.2) is 30.3 Å². The number of amides is 2. The fourth-order valence-electron chi connectivity index (χ4n) is 3.84. The van der Waals surface area contributed by atoms with Gasteiger partial charge < -0.3 is 9.80 Å². The van der Waals surface area contributed by atoms with Crippen LogP contribution in [0.2, 0.25) is 0 Å². The van der Waals surface area contributed by atoms with Gasteiger partial charge in [-0.2, -0.15) is 0 Å². The van der Waals surface area contributed by atoms with Gasteiger partial charge in [0.15, 0.2) is 0 Å². The summed E-state index contributed by atoms with van der Waals surface area (Å²) in [5, 5.41) is 0. The third-order valence-corrected chi connectivity index (χ3v) is 5.18. The highest BCUT2D eigenvalue weighted by atomic mass is 16.2. The molecule has 1 aromatic rings. The van der Waals surface area contributed by atoms with Gasteiger partial charge in [0.1, 0.15) is 6.04 Å². The number of hydrogen-bond acceptors (Lipinski definition) is 2. The first-order valence-electron chi connectivity index (χ1n) is 8.73. The minimum atomic E-state index is -0.342. The Hall–Kier alpha value is -1.84. The van der Waals surface area contributed by atoms with Crippen molar-refractivity contribution in [2.24, 2.45) is 5.92 Å². The first kappa shape index (κ1) is 16.0. The van der Waals surface area contributed by atoms with Crippen LogP contribution in [0, 0.1) is 5.92 Å². The maximum atomic E-state index is 12.7. The molecule has 0 bridgehead atoms. The number of benzene rings is 1. The molecule has 2 aliphatic rings. The van der Waals surface area contributed by atoms with Crippen molar-refractivity contribution in [3.05, 3.63) is 35.9 Å². The molecule has 1 saturated heterocycles. The lowest BCUT2D eigenvalue weighted by Crippen LogP contribution is -2.60. The van der Waals surface area contributed by atoms with Crippen molar-refractivity contribution >= 4 is 11.8 Å². The van der Waals surface area contributed by atoms with Gasteiger partial charge in [0.2, 0.25) is 11.8 Å². The van der Waals surface area contributed by atoms with E-state index in [2.05, 4.69) is 0 Å². The van der Waals surface area contributed by atoms with Crippen LogP contribution in [0.4, 0.5) is 0 Å². The van der Waals surface area contributed by atoms with E-state index >= 15 is 0 Å². The molecule has 1 saturated carbocycles. The van der Waals surface area contributed by atoms with Gasteiger partial charge in [-0.15, -0.1) is 0 Å². The van der Waals surface area contributed by atoms with Crippen molar-refractivity contribution < 1.29 is 9.59 Å². The van der Waals surface area contributed by atoms with Gasteiger partial charge in [-0.3, -0.25) is 9.59 Å². The second-order valence-corrected chi connectivity index (χ2v) is 6.95. The zero-order valence-electron chi connectivity index (χ0n) is 13.9. The SMILES string of the molecule is CN1CC(=O)N(CC2CCCCC2)[C@@H](Cc2ccccc2)C1=O. The maximum absolute atomic E-state index is 12.7. The summed E-state index contributed by atoms with van der Waals surface area (Å²) in [4.78, 5) is 28.7. The summed E-state index contributed by atoms with van der Waals surface area (Å²) in [6.07, 6.45) is 6.80. The Morgan fingerprint density at radius 3 is 2.43 bits per heavy atom. The van der Waals surface area contributed by atoms with Crippen LogP contribution in [0.1, 0.15) is 37.7 Å². The standard InChI is InChI=1S/C19H26N2O2/c1-20-14-18(22)21(13-16-10-6-3-7-11-16)17(19(20)23)12-15-8-4-2-5-9-15/h2,4-5,8-9,16-17H,3,6-7,10-14H2,1H3/t17-/m0/s1. The lowest BCUT2D eigenvalue weighted by Gasteiger charge is -2.41. The van der Waals surface area contributed by atoms with Gasteiger partial charge in [-0.25, -0.2) is 0 Å². The molecule has 23 heavy (non-hydrogen) atoms.